The van der Waals surface area contributed by atoms with E-state index < -0.39 is 5.97 Å². The van der Waals surface area contributed by atoms with Crippen molar-refractivity contribution in [1.29, 1.82) is 0 Å². The molecule has 0 aliphatic rings. The highest BCUT2D eigenvalue weighted by molar-refractivity contribution is 6.06. The maximum atomic E-state index is 14.6. The third-order valence-corrected chi connectivity index (χ3v) is 5.93. The zero-order valence-corrected chi connectivity index (χ0v) is 18.6. The molecule has 3 aromatic heterocycles. The summed E-state index contributed by atoms with van der Waals surface area (Å²) >= 11 is 0. The smallest absolute Gasteiger partial charge is 0.337 e. The average Bonchev–Trinajstić information content (AvgIpc) is 3.44. The monoisotopic (exact) mass is 459 g/mol. The fourth-order valence-electron chi connectivity index (χ4n) is 4.36. The van der Waals surface area contributed by atoms with Gasteiger partial charge in [0.05, 0.1) is 29.4 Å². The van der Waals surface area contributed by atoms with Crippen LogP contribution in [0.15, 0.2) is 55.0 Å². The molecule has 8 nitrogen and oxygen atoms in total. The minimum absolute atomic E-state index is 0.203. The zero-order chi connectivity index (χ0) is 23.8. The summed E-state index contributed by atoms with van der Waals surface area (Å²) in [6.07, 6.45) is 3.17. The van der Waals surface area contributed by atoms with Crippen molar-refractivity contribution < 1.29 is 19.0 Å². The second-order valence-electron chi connectivity index (χ2n) is 7.90. The van der Waals surface area contributed by atoms with Crippen LogP contribution in [0.5, 0.6) is 5.75 Å². The van der Waals surface area contributed by atoms with Gasteiger partial charge < -0.3 is 24.7 Å². The van der Waals surface area contributed by atoms with E-state index in [9.17, 15) is 14.3 Å². The third-order valence-electron chi connectivity index (χ3n) is 5.93. The van der Waals surface area contributed by atoms with Crippen LogP contribution in [0.2, 0.25) is 0 Å². The molecule has 34 heavy (non-hydrogen) atoms. The van der Waals surface area contributed by atoms with Crippen molar-refractivity contribution in [2.75, 3.05) is 19.0 Å². The zero-order valence-electron chi connectivity index (χ0n) is 18.6. The summed E-state index contributed by atoms with van der Waals surface area (Å²) in [6, 6.07) is 11.9. The van der Waals surface area contributed by atoms with Crippen LogP contribution in [0.4, 0.5) is 10.2 Å². The highest BCUT2D eigenvalue weighted by Crippen LogP contribution is 2.32. The number of nitrogens with zero attached hydrogens (tertiary/aromatic N) is 3. The fraction of sp³-hybridized carbons (Fsp3) is 0.160. The van der Waals surface area contributed by atoms with Crippen molar-refractivity contribution in [3.05, 3.63) is 72.1 Å². The van der Waals surface area contributed by atoms with E-state index in [1.54, 1.807) is 31.5 Å². The van der Waals surface area contributed by atoms with Gasteiger partial charge >= 0.3 is 5.97 Å². The molecule has 0 unspecified atom stereocenters. The number of carboxylic acids is 1. The van der Waals surface area contributed by atoms with Crippen LogP contribution in [-0.4, -0.2) is 44.2 Å². The minimum Gasteiger partial charge on any atom is -0.496 e. The number of anilines is 1. The Bertz CT molecular complexity index is 1540. The lowest BCUT2D eigenvalue weighted by atomic mass is 10.0. The Morgan fingerprint density at radius 2 is 2.03 bits per heavy atom. The Labute approximate surface area is 194 Å². The lowest BCUT2D eigenvalue weighted by molar-refractivity contribution is 0.0699. The van der Waals surface area contributed by atoms with Crippen molar-refractivity contribution in [1.82, 2.24) is 19.5 Å². The summed E-state index contributed by atoms with van der Waals surface area (Å²) in [5, 5.41) is 14.2. The number of nitrogens with one attached hydrogen (secondary N) is 2. The summed E-state index contributed by atoms with van der Waals surface area (Å²) < 4.78 is 21.9. The van der Waals surface area contributed by atoms with E-state index in [0.717, 1.165) is 22.0 Å². The SMILES string of the molecule is COc1ccc(F)c2c1cc(C)n2CCNc1cc(-c2ccc(C(=O)O)c3[nH]ccc23)ncn1. The molecule has 0 atom stereocenters. The molecule has 0 spiro atoms. The molecule has 5 aromatic rings. The maximum Gasteiger partial charge on any atom is 0.337 e. The number of aromatic carboxylic acids is 1. The number of hydrogen-bond donors (Lipinski definition) is 3. The molecule has 0 saturated carbocycles. The molecule has 5 rings (SSSR count). The molecule has 9 heteroatoms. The van der Waals surface area contributed by atoms with Crippen LogP contribution in [-0.2, 0) is 6.54 Å². The van der Waals surface area contributed by atoms with Crippen molar-refractivity contribution in [2.45, 2.75) is 13.5 Å². The number of rotatable bonds is 7. The molecule has 3 heterocycles. The number of ether oxygens (including phenoxy) is 1. The molecule has 0 saturated heterocycles. The van der Waals surface area contributed by atoms with Crippen molar-refractivity contribution in [2.24, 2.45) is 0 Å². The maximum absolute atomic E-state index is 14.6. The van der Waals surface area contributed by atoms with Crippen LogP contribution < -0.4 is 10.1 Å². The molecule has 0 amide bonds. The Balaban J connectivity index is 1.39. The predicted molar refractivity (Wildman–Crippen MR) is 128 cm³/mol. The summed E-state index contributed by atoms with van der Waals surface area (Å²) in [4.78, 5) is 23.2. The average molecular weight is 459 g/mol. The van der Waals surface area contributed by atoms with E-state index in [-0.39, 0.29) is 11.4 Å². The molecule has 0 aliphatic heterocycles. The van der Waals surface area contributed by atoms with Gasteiger partial charge in [-0.2, -0.15) is 0 Å². The lowest BCUT2D eigenvalue weighted by Crippen LogP contribution is -2.13. The number of carbonyl (C=O) groups is 1. The van der Waals surface area contributed by atoms with Gasteiger partial charge in [0.15, 0.2) is 0 Å². The molecular formula is C25H22FN5O3. The highest BCUT2D eigenvalue weighted by atomic mass is 19.1. The van der Waals surface area contributed by atoms with Gasteiger partial charge in [0.25, 0.3) is 0 Å². The number of aryl methyl sites for hydroxylation is 1. The number of aromatic nitrogens is 4. The van der Waals surface area contributed by atoms with Crippen LogP contribution in [0.25, 0.3) is 33.1 Å². The summed E-state index contributed by atoms with van der Waals surface area (Å²) in [7, 11) is 1.57. The number of carboxylic acid groups (broad SMARTS) is 1. The molecule has 2 aromatic carbocycles. The molecule has 3 N–H and O–H groups in total. The number of methoxy groups -OCH3 is 1. The number of benzene rings is 2. The largest absolute Gasteiger partial charge is 0.496 e. The van der Waals surface area contributed by atoms with Gasteiger partial charge in [-0.1, -0.05) is 6.07 Å². The number of H-pyrrole nitrogens is 1. The fourth-order valence-corrected chi connectivity index (χ4v) is 4.36. The first-order valence-electron chi connectivity index (χ1n) is 10.7. The van der Waals surface area contributed by atoms with Crippen molar-refractivity contribution in [3.8, 4) is 17.0 Å². The predicted octanol–water partition coefficient (Wildman–Crippen LogP) is 4.85. The molecule has 0 bridgehead atoms. The molecule has 0 radical (unpaired) electrons. The standard InChI is InChI=1S/C25H22FN5O3/c1-14-11-18-21(34-2)6-5-19(26)24(18)31(14)10-9-27-22-12-20(29-13-30-22)15-3-4-17(25(32)33)23-16(15)7-8-28-23/h3-8,11-13,28H,9-10H2,1-2H3,(H,32,33)(H,27,29,30). The van der Waals surface area contributed by atoms with E-state index in [1.165, 1.54) is 12.4 Å². The number of aromatic amines is 1. The Morgan fingerprint density at radius 3 is 2.82 bits per heavy atom. The van der Waals surface area contributed by atoms with Gasteiger partial charge in [0.2, 0.25) is 0 Å². The van der Waals surface area contributed by atoms with Crippen LogP contribution >= 0.6 is 0 Å². The Morgan fingerprint density at radius 1 is 1.18 bits per heavy atom. The summed E-state index contributed by atoms with van der Waals surface area (Å²) in [5.74, 6) is -0.0423. The van der Waals surface area contributed by atoms with E-state index in [2.05, 4.69) is 20.3 Å². The first kappa shape index (κ1) is 21.4. The minimum atomic E-state index is -0.995. The summed E-state index contributed by atoms with van der Waals surface area (Å²) in [6.45, 7) is 2.97. The van der Waals surface area contributed by atoms with Gasteiger partial charge in [0, 0.05) is 47.4 Å². The third kappa shape index (κ3) is 3.61. The van der Waals surface area contributed by atoms with Crippen LogP contribution in [0, 0.1) is 12.7 Å². The highest BCUT2D eigenvalue weighted by Gasteiger charge is 2.16. The van der Waals surface area contributed by atoms with Crippen LogP contribution in [0.3, 0.4) is 0 Å². The number of fused-ring (bicyclic) bond motifs is 2. The van der Waals surface area contributed by atoms with E-state index in [1.807, 2.05) is 29.7 Å². The van der Waals surface area contributed by atoms with Gasteiger partial charge in [-0.15, -0.1) is 0 Å². The Hall–Kier alpha value is -4.40. The topological polar surface area (TPSA) is 105 Å². The molecule has 0 aliphatic carbocycles. The van der Waals surface area contributed by atoms with E-state index in [0.29, 0.717) is 41.4 Å². The van der Waals surface area contributed by atoms with Crippen molar-refractivity contribution in [3.63, 3.8) is 0 Å². The first-order chi connectivity index (χ1) is 16.5. The molecule has 0 fully saturated rings. The van der Waals surface area contributed by atoms with Gasteiger partial charge in [-0.05, 0) is 37.3 Å². The number of hydrogen-bond acceptors (Lipinski definition) is 5. The van der Waals surface area contributed by atoms with Crippen LogP contribution in [0.1, 0.15) is 16.1 Å². The molecular weight excluding hydrogens is 437 g/mol. The van der Waals surface area contributed by atoms with Gasteiger partial charge in [-0.3, -0.25) is 0 Å². The van der Waals surface area contributed by atoms with Gasteiger partial charge in [0.1, 0.15) is 23.7 Å². The molecule has 172 valence electrons. The quantitative estimate of drug-likeness (QED) is 0.322. The second-order valence-corrected chi connectivity index (χ2v) is 7.90. The van der Waals surface area contributed by atoms with E-state index in [4.69, 9.17) is 4.74 Å². The first-order valence-corrected chi connectivity index (χ1v) is 10.7. The Kier molecular flexibility index (Phi) is 5.37. The number of halogens is 1. The normalized spacial score (nSPS) is 11.3. The van der Waals surface area contributed by atoms with E-state index >= 15 is 0 Å². The summed E-state index contributed by atoms with van der Waals surface area (Å²) in [5.41, 5.74) is 3.65. The second kappa shape index (κ2) is 8.51. The lowest BCUT2D eigenvalue weighted by Gasteiger charge is -2.12. The van der Waals surface area contributed by atoms with Gasteiger partial charge in [-0.25, -0.2) is 19.2 Å². The van der Waals surface area contributed by atoms with Crippen molar-refractivity contribution >= 4 is 33.6 Å².